The van der Waals surface area contributed by atoms with Crippen molar-refractivity contribution in [2.75, 3.05) is 0 Å². The van der Waals surface area contributed by atoms with E-state index < -0.39 is 0 Å². The third-order valence-corrected chi connectivity index (χ3v) is 1.99. The van der Waals surface area contributed by atoms with E-state index in [0.29, 0.717) is 6.54 Å². The van der Waals surface area contributed by atoms with Crippen LogP contribution in [0.4, 0.5) is 0 Å². The Balaban J connectivity index is 3.01. The smallest absolute Gasteiger partial charge is 0.158 e. The van der Waals surface area contributed by atoms with Crippen LogP contribution in [0.5, 0.6) is 0 Å². The zero-order chi connectivity index (χ0) is 5.98. The highest BCUT2D eigenvalue weighted by Crippen LogP contribution is 2.05. The summed E-state index contributed by atoms with van der Waals surface area (Å²) in [6, 6.07) is 0. The molecule has 0 amide bonds. The maximum atomic E-state index is 5.31. The van der Waals surface area contributed by atoms with Crippen LogP contribution in [0.3, 0.4) is 0 Å². The lowest BCUT2D eigenvalue weighted by Crippen LogP contribution is -1.91. The minimum atomic E-state index is 0.581. The Hall–Kier alpha value is -0.190. The first-order valence-corrected chi connectivity index (χ1v) is 3.43. The molecule has 0 spiro atoms. The highest BCUT2D eigenvalue weighted by molar-refractivity contribution is 7.73. The van der Waals surface area contributed by atoms with Gasteiger partial charge in [-0.1, -0.05) is 0 Å². The van der Waals surface area contributed by atoms with E-state index in [-0.39, 0.29) is 0 Å². The first-order chi connectivity index (χ1) is 3.83. The average molecular weight is 146 g/mol. The molecule has 2 nitrogen and oxygen atoms in total. The summed E-state index contributed by atoms with van der Waals surface area (Å²) in [7, 11) is 0. The van der Waals surface area contributed by atoms with Crippen molar-refractivity contribution in [3.05, 3.63) is 15.0 Å². The first kappa shape index (κ1) is 5.94. The molecule has 1 aromatic heterocycles. The molecule has 1 heterocycles. The number of nitrogens with two attached hydrogens (primary N) is 1. The molecule has 44 valence electrons. The van der Waals surface area contributed by atoms with Crippen LogP contribution in [0.25, 0.3) is 0 Å². The molecule has 0 radical (unpaired) electrons. The number of hydrogen-bond donors (Lipinski definition) is 2. The van der Waals surface area contributed by atoms with Crippen molar-refractivity contribution < 1.29 is 0 Å². The zero-order valence-electron chi connectivity index (χ0n) is 4.18. The van der Waals surface area contributed by atoms with Gasteiger partial charge in [-0.05, 0) is 12.2 Å². The lowest BCUT2D eigenvalue weighted by molar-refractivity contribution is 1.10. The minimum Gasteiger partial charge on any atom is -0.343 e. The summed E-state index contributed by atoms with van der Waals surface area (Å²) in [6.07, 6.45) is 1.84. The quantitative estimate of drug-likeness (QED) is 0.586. The second-order valence-electron chi connectivity index (χ2n) is 1.35. The second-order valence-corrected chi connectivity index (χ2v) is 3.15. The molecular formula is C4H6N2S2. The third-order valence-electron chi connectivity index (χ3n) is 0.776. The average Bonchev–Trinajstić information content (AvgIpc) is 2.14. The number of H-pyrrole nitrogens is 1. The fraction of sp³-hybridized carbons (Fsp3) is 0.250. The lowest BCUT2D eigenvalue weighted by atomic mass is 10.6. The molecular weight excluding hydrogens is 140 g/mol. The Morgan fingerprint density at radius 3 is 2.88 bits per heavy atom. The van der Waals surface area contributed by atoms with Gasteiger partial charge >= 0.3 is 0 Å². The fourth-order valence-corrected chi connectivity index (χ4v) is 1.36. The predicted molar refractivity (Wildman–Crippen MR) is 37.4 cm³/mol. The Kier molecular flexibility index (Phi) is 1.77. The van der Waals surface area contributed by atoms with E-state index >= 15 is 0 Å². The van der Waals surface area contributed by atoms with Crippen LogP contribution in [0.2, 0.25) is 0 Å². The van der Waals surface area contributed by atoms with E-state index in [4.69, 9.17) is 18.0 Å². The monoisotopic (exact) mass is 146 g/mol. The van der Waals surface area contributed by atoms with Crippen molar-refractivity contribution in [2.24, 2.45) is 5.73 Å². The molecule has 0 saturated heterocycles. The molecule has 8 heavy (non-hydrogen) atoms. The first-order valence-electron chi connectivity index (χ1n) is 2.20. The molecule has 0 saturated carbocycles. The molecule has 0 aliphatic heterocycles. The highest BCUT2D eigenvalue weighted by atomic mass is 32.1. The number of aromatic amines is 1. The summed E-state index contributed by atoms with van der Waals surface area (Å²) in [5, 5.41) is 0. The SMILES string of the molecule is NCc1c[nH]c(=S)s1. The van der Waals surface area contributed by atoms with E-state index in [0.717, 1.165) is 8.83 Å². The normalized spacial score (nSPS) is 9.62. The van der Waals surface area contributed by atoms with Crippen LogP contribution in [0, 0.1) is 3.95 Å². The Morgan fingerprint density at radius 1 is 1.88 bits per heavy atom. The maximum Gasteiger partial charge on any atom is 0.158 e. The second kappa shape index (κ2) is 2.39. The van der Waals surface area contributed by atoms with Crippen LogP contribution in [0.1, 0.15) is 4.88 Å². The Bertz CT molecular complexity index is 212. The topological polar surface area (TPSA) is 41.8 Å². The van der Waals surface area contributed by atoms with Gasteiger partial charge in [0, 0.05) is 17.6 Å². The third kappa shape index (κ3) is 1.15. The highest BCUT2D eigenvalue weighted by Gasteiger charge is 1.87. The summed E-state index contributed by atoms with van der Waals surface area (Å²) in [5.74, 6) is 0. The molecule has 0 unspecified atom stereocenters. The number of nitrogens with one attached hydrogen (secondary N) is 1. The fourth-order valence-electron chi connectivity index (χ4n) is 0.418. The van der Waals surface area contributed by atoms with Gasteiger partial charge in [-0.3, -0.25) is 0 Å². The summed E-state index contributed by atoms with van der Waals surface area (Å²) in [5.41, 5.74) is 5.31. The lowest BCUT2D eigenvalue weighted by Gasteiger charge is -1.78. The van der Waals surface area contributed by atoms with Crippen molar-refractivity contribution in [1.29, 1.82) is 0 Å². The molecule has 3 N–H and O–H groups in total. The standard InChI is InChI=1S/C4H6N2S2/c5-1-3-2-6-4(7)8-3/h2H,1,5H2,(H,6,7). The van der Waals surface area contributed by atoms with E-state index in [1.807, 2.05) is 6.20 Å². The van der Waals surface area contributed by atoms with E-state index in [2.05, 4.69) is 4.98 Å². The van der Waals surface area contributed by atoms with Gasteiger partial charge in [-0.25, -0.2) is 0 Å². The largest absolute Gasteiger partial charge is 0.343 e. The summed E-state index contributed by atoms with van der Waals surface area (Å²) < 4.78 is 0.797. The summed E-state index contributed by atoms with van der Waals surface area (Å²) in [6.45, 7) is 0.581. The Labute approximate surface area is 56.4 Å². The Morgan fingerprint density at radius 2 is 2.62 bits per heavy atom. The van der Waals surface area contributed by atoms with Crippen LogP contribution in [-0.2, 0) is 6.54 Å². The predicted octanol–water partition coefficient (Wildman–Crippen LogP) is 1.26. The van der Waals surface area contributed by atoms with Crippen LogP contribution in [0.15, 0.2) is 6.20 Å². The van der Waals surface area contributed by atoms with Crippen molar-refractivity contribution in [2.45, 2.75) is 6.54 Å². The maximum absolute atomic E-state index is 5.31. The van der Waals surface area contributed by atoms with Gasteiger partial charge in [-0.15, -0.1) is 11.3 Å². The van der Waals surface area contributed by atoms with Crippen LogP contribution in [-0.4, -0.2) is 4.98 Å². The molecule has 0 aromatic carbocycles. The van der Waals surface area contributed by atoms with E-state index in [1.165, 1.54) is 11.3 Å². The van der Waals surface area contributed by atoms with Gasteiger partial charge in [0.25, 0.3) is 0 Å². The van der Waals surface area contributed by atoms with Crippen LogP contribution < -0.4 is 5.73 Å². The van der Waals surface area contributed by atoms with E-state index in [9.17, 15) is 0 Å². The number of hydrogen-bond acceptors (Lipinski definition) is 3. The van der Waals surface area contributed by atoms with Crippen molar-refractivity contribution in [1.82, 2.24) is 4.98 Å². The van der Waals surface area contributed by atoms with Gasteiger partial charge < -0.3 is 10.7 Å². The molecule has 0 aliphatic carbocycles. The van der Waals surface area contributed by atoms with Gasteiger partial charge in [0.1, 0.15) is 0 Å². The van der Waals surface area contributed by atoms with Gasteiger partial charge in [0.05, 0.1) is 0 Å². The molecule has 4 heteroatoms. The van der Waals surface area contributed by atoms with Gasteiger partial charge in [0.2, 0.25) is 0 Å². The molecule has 0 bridgehead atoms. The molecule has 0 fully saturated rings. The summed E-state index contributed by atoms with van der Waals surface area (Å²) >= 11 is 6.33. The van der Waals surface area contributed by atoms with Gasteiger partial charge in [-0.2, -0.15) is 0 Å². The molecule has 0 atom stereocenters. The van der Waals surface area contributed by atoms with Gasteiger partial charge in [0.15, 0.2) is 3.95 Å². The summed E-state index contributed by atoms with van der Waals surface area (Å²) in [4.78, 5) is 3.98. The molecule has 1 aromatic rings. The van der Waals surface area contributed by atoms with Crippen LogP contribution >= 0.6 is 23.6 Å². The molecule has 1 rings (SSSR count). The molecule has 0 aliphatic rings. The van der Waals surface area contributed by atoms with Crippen molar-refractivity contribution in [3.63, 3.8) is 0 Å². The van der Waals surface area contributed by atoms with E-state index in [1.54, 1.807) is 0 Å². The number of aromatic nitrogens is 1. The zero-order valence-corrected chi connectivity index (χ0v) is 5.81. The van der Waals surface area contributed by atoms with Crippen molar-refractivity contribution >= 4 is 23.6 Å². The number of rotatable bonds is 1. The number of thiazole rings is 1. The minimum absolute atomic E-state index is 0.581. The van der Waals surface area contributed by atoms with Crippen molar-refractivity contribution in [3.8, 4) is 0 Å².